The molecule has 1 saturated carbocycles. The van der Waals surface area contributed by atoms with Gasteiger partial charge in [0.05, 0.1) is 11.9 Å². The first-order valence-corrected chi connectivity index (χ1v) is 10.2. The normalized spacial score (nSPS) is 14.7. The van der Waals surface area contributed by atoms with E-state index in [0.717, 1.165) is 17.5 Å². The molecule has 0 saturated heterocycles. The molecular formula is C16H17N3O3S2. The van der Waals surface area contributed by atoms with E-state index in [2.05, 4.69) is 15.0 Å². The van der Waals surface area contributed by atoms with Gasteiger partial charge in [0.25, 0.3) is 0 Å². The fourth-order valence-electron chi connectivity index (χ4n) is 2.11. The third kappa shape index (κ3) is 4.90. The maximum absolute atomic E-state index is 11.9. The monoisotopic (exact) mass is 363 g/mol. The van der Waals surface area contributed by atoms with Crippen LogP contribution in [0.2, 0.25) is 0 Å². The molecule has 0 atom stereocenters. The number of sulfonamides is 1. The van der Waals surface area contributed by atoms with Crippen molar-refractivity contribution < 1.29 is 13.2 Å². The van der Waals surface area contributed by atoms with Gasteiger partial charge in [-0.25, -0.2) is 13.4 Å². The molecule has 1 amide bonds. The zero-order chi connectivity index (χ0) is 17.2. The molecule has 0 spiro atoms. The molecule has 3 rings (SSSR count). The number of nitrogens with one attached hydrogen (secondary N) is 2. The number of anilines is 2. The van der Waals surface area contributed by atoms with Gasteiger partial charge < -0.3 is 0 Å². The average molecular weight is 363 g/mol. The molecule has 0 unspecified atom stereocenters. The molecule has 1 heterocycles. The Morgan fingerprint density at radius 3 is 2.62 bits per heavy atom. The van der Waals surface area contributed by atoms with E-state index in [9.17, 15) is 13.2 Å². The SMILES string of the molecule is CS(=O)(=O)Nc1ccc(C=CC(=O)Nc2nc(C3CC3)cs2)cc1. The predicted molar refractivity (Wildman–Crippen MR) is 96.7 cm³/mol. The molecule has 0 bridgehead atoms. The molecule has 0 radical (unpaired) electrons. The van der Waals surface area contributed by atoms with E-state index in [0.29, 0.717) is 16.7 Å². The fraction of sp³-hybridized carbons (Fsp3) is 0.250. The summed E-state index contributed by atoms with van der Waals surface area (Å²) in [4.78, 5) is 16.3. The first-order valence-electron chi connectivity index (χ1n) is 7.41. The van der Waals surface area contributed by atoms with Crippen LogP contribution in [0.4, 0.5) is 10.8 Å². The number of benzene rings is 1. The number of hydrogen-bond donors (Lipinski definition) is 2. The summed E-state index contributed by atoms with van der Waals surface area (Å²) in [7, 11) is -3.29. The van der Waals surface area contributed by atoms with E-state index < -0.39 is 10.0 Å². The van der Waals surface area contributed by atoms with Gasteiger partial charge in [-0.15, -0.1) is 11.3 Å². The number of nitrogens with zero attached hydrogens (tertiary/aromatic N) is 1. The molecule has 24 heavy (non-hydrogen) atoms. The van der Waals surface area contributed by atoms with Crippen LogP contribution in [0, 0.1) is 0 Å². The highest BCUT2D eigenvalue weighted by Crippen LogP contribution is 2.40. The summed E-state index contributed by atoms with van der Waals surface area (Å²) in [5, 5.41) is 5.35. The maximum Gasteiger partial charge on any atom is 0.250 e. The van der Waals surface area contributed by atoms with Gasteiger partial charge in [0.15, 0.2) is 5.13 Å². The second kappa shape index (κ2) is 6.74. The van der Waals surface area contributed by atoms with Crippen LogP contribution >= 0.6 is 11.3 Å². The van der Waals surface area contributed by atoms with Gasteiger partial charge in [0.2, 0.25) is 15.9 Å². The van der Waals surface area contributed by atoms with E-state index in [4.69, 9.17) is 0 Å². The highest BCUT2D eigenvalue weighted by Gasteiger charge is 2.26. The van der Waals surface area contributed by atoms with Gasteiger partial charge in [-0.3, -0.25) is 14.8 Å². The Labute approximate surface area is 144 Å². The maximum atomic E-state index is 11.9. The van der Waals surface area contributed by atoms with Gasteiger partial charge in [0.1, 0.15) is 0 Å². The standard InChI is InChI=1S/C16H17N3O3S2/c1-24(21,22)19-13-7-2-11(3-8-13)4-9-15(20)18-16-17-14(10-23-16)12-5-6-12/h2-4,7-10,12,19H,5-6H2,1H3,(H,17,18,20). The molecule has 0 aliphatic heterocycles. The Kier molecular flexibility index (Phi) is 4.68. The Hall–Kier alpha value is -2.19. The first kappa shape index (κ1) is 16.7. The van der Waals surface area contributed by atoms with Gasteiger partial charge in [0, 0.05) is 23.1 Å². The van der Waals surface area contributed by atoms with Crippen molar-refractivity contribution >= 4 is 44.2 Å². The van der Waals surface area contributed by atoms with Gasteiger partial charge in [-0.1, -0.05) is 12.1 Å². The molecule has 1 aromatic carbocycles. The molecular weight excluding hydrogens is 346 g/mol. The van der Waals surface area contributed by atoms with E-state index in [1.165, 1.54) is 30.3 Å². The van der Waals surface area contributed by atoms with Gasteiger partial charge >= 0.3 is 0 Å². The summed E-state index contributed by atoms with van der Waals surface area (Å²) in [6, 6.07) is 6.74. The molecule has 1 aliphatic carbocycles. The smallest absolute Gasteiger partial charge is 0.250 e. The minimum absolute atomic E-state index is 0.245. The highest BCUT2D eigenvalue weighted by atomic mass is 32.2. The minimum atomic E-state index is -3.29. The Bertz CT molecular complexity index is 866. The minimum Gasteiger partial charge on any atom is -0.298 e. The van der Waals surface area contributed by atoms with Crippen molar-refractivity contribution in [2.75, 3.05) is 16.3 Å². The largest absolute Gasteiger partial charge is 0.298 e. The molecule has 2 N–H and O–H groups in total. The highest BCUT2D eigenvalue weighted by molar-refractivity contribution is 7.92. The van der Waals surface area contributed by atoms with Crippen molar-refractivity contribution in [3.8, 4) is 0 Å². The lowest BCUT2D eigenvalue weighted by molar-refractivity contribution is -0.111. The fourth-order valence-corrected chi connectivity index (χ4v) is 3.46. The van der Waals surface area contributed by atoms with Gasteiger partial charge in [-0.2, -0.15) is 0 Å². The second-order valence-corrected chi connectivity index (χ2v) is 8.28. The predicted octanol–water partition coefficient (Wildman–Crippen LogP) is 3.04. The van der Waals surface area contributed by atoms with E-state index in [-0.39, 0.29) is 5.91 Å². The van der Waals surface area contributed by atoms with E-state index >= 15 is 0 Å². The number of carbonyl (C=O) groups excluding carboxylic acids is 1. The summed E-state index contributed by atoms with van der Waals surface area (Å²) in [6.45, 7) is 0. The van der Waals surface area contributed by atoms with Crippen LogP contribution in [0.1, 0.15) is 30.0 Å². The molecule has 6 nitrogen and oxygen atoms in total. The number of amides is 1. The Morgan fingerprint density at radius 2 is 2.00 bits per heavy atom. The van der Waals surface area contributed by atoms with Crippen molar-refractivity contribution in [3.63, 3.8) is 0 Å². The first-order chi connectivity index (χ1) is 11.4. The van der Waals surface area contributed by atoms with Gasteiger partial charge in [-0.05, 0) is 36.6 Å². The van der Waals surface area contributed by atoms with Crippen LogP contribution in [0.3, 0.4) is 0 Å². The Balaban J connectivity index is 1.56. The van der Waals surface area contributed by atoms with Crippen LogP contribution < -0.4 is 10.0 Å². The lowest BCUT2D eigenvalue weighted by Crippen LogP contribution is -2.09. The van der Waals surface area contributed by atoms with Crippen molar-refractivity contribution in [2.24, 2.45) is 0 Å². The van der Waals surface area contributed by atoms with Crippen LogP contribution in [-0.2, 0) is 14.8 Å². The van der Waals surface area contributed by atoms with Crippen molar-refractivity contribution in [1.82, 2.24) is 4.98 Å². The topological polar surface area (TPSA) is 88.2 Å². The summed E-state index contributed by atoms with van der Waals surface area (Å²) in [5.74, 6) is 0.325. The summed E-state index contributed by atoms with van der Waals surface area (Å²) < 4.78 is 24.7. The molecule has 1 fully saturated rings. The summed E-state index contributed by atoms with van der Waals surface area (Å²) >= 11 is 1.43. The average Bonchev–Trinajstić information content (AvgIpc) is 3.26. The quantitative estimate of drug-likeness (QED) is 0.772. The molecule has 126 valence electrons. The third-order valence-corrected chi connectivity index (χ3v) is 4.77. The zero-order valence-corrected chi connectivity index (χ0v) is 14.7. The van der Waals surface area contributed by atoms with Crippen LogP contribution in [0.5, 0.6) is 0 Å². The summed E-state index contributed by atoms with van der Waals surface area (Å²) in [5.41, 5.74) is 2.34. The number of thiazole rings is 1. The number of rotatable bonds is 6. The Morgan fingerprint density at radius 1 is 1.29 bits per heavy atom. The van der Waals surface area contributed by atoms with E-state index in [1.54, 1.807) is 30.3 Å². The molecule has 2 aromatic rings. The van der Waals surface area contributed by atoms with Crippen LogP contribution in [0.15, 0.2) is 35.7 Å². The van der Waals surface area contributed by atoms with Crippen LogP contribution in [-0.4, -0.2) is 25.6 Å². The second-order valence-electron chi connectivity index (χ2n) is 5.67. The zero-order valence-electron chi connectivity index (χ0n) is 13.0. The lowest BCUT2D eigenvalue weighted by atomic mass is 10.2. The summed E-state index contributed by atoms with van der Waals surface area (Å²) in [6.07, 6.45) is 6.55. The van der Waals surface area contributed by atoms with Crippen molar-refractivity contribution in [1.29, 1.82) is 0 Å². The number of aromatic nitrogens is 1. The number of hydrogen-bond acceptors (Lipinski definition) is 5. The van der Waals surface area contributed by atoms with Crippen molar-refractivity contribution in [2.45, 2.75) is 18.8 Å². The van der Waals surface area contributed by atoms with Crippen LogP contribution in [0.25, 0.3) is 6.08 Å². The van der Waals surface area contributed by atoms with Crippen molar-refractivity contribution in [3.05, 3.63) is 47.0 Å². The van der Waals surface area contributed by atoms with E-state index in [1.807, 2.05) is 5.38 Å². The lowest BCUT2D eigenvalue weighted by Gasteiger charge is -2.03. The third-order valence-electron chi connectivity index (χ3n) is 3.39. The molecule has 8 heteroatoms. The molecule has 1 aliphatic rings. The number of carbonyl (C=O) groups is 1. The molecule has 1 aromatic heterocycles.